The molecule has 2 heterocycles. The second kappa shape index (κ2) is 10.5. The Labute approximate surface area is 197 Å². The molecular formula is C22H23N5O8. The van der Waals surface area contributed by atoms with Gasteiger partial charge in [0, 0.05) is 6.54 Å². The van der Waals surface area contributed by atoms with Crippen LogP contribution in [-0.2, 0) is 16.1 Å². The van der Waals surface area contributed by atoms with Crippen LogP contribution in [0.25, 0.3) is 0 Å². The number of benzene rings is 1. The fourth-order valence-electron chi connectivity index (χ4n) is 3.26. The first-order valence-electron chi connectivity index (χ1n) is 10.5. The molecule has 0 bridgehead atoms. The molecule has 0 aliphatic rings. The molecule has 0 fully saturated rings. The normalized spacial score (nSPS) is 10.8. The summed E-state index contributed by atoms with van der Waals surface area (Å²) in [7, 11) is 0. The van der Waals surface area contributed by atoms with E-state index in [0.29, 0.717) is 0 Å². The quantitative estimate of drug-likeness (QED) is 0.258. The number of H-pyrrole nitrogens is 1. The van der Waals surface area contributed by atoms with Gasteiger partial charge in [0.1, 0.15) is 10.7 Å². The lowest BCUT2D eigenvalue weighted by Crippen LogP contribution is -2.44. The standard InChI is InChI=1S/C22H23N5O8/c1-13(2)10-25(16(28)12-34-21(30)15-8-9-17(35-15)27(32)33)18-19(23)26(22(31)24-20(18)29)11-14-6-4-3-5-7-14/h3-9,13H,10-12,23H2,1-2H3,(H,24,29,31). The number of nitrogens with zero attached hydrogens (tertiary/aromatic N) is 3. The number of aromatic amines is 1. The predicted octanol–water partition coefficient (Wildman–Crippen LogP) is 1.51. The summed E-state index contributed by atoms with van der Waals surface area (Å²) in [5, 5.41) is 10.7. The predicted molar refractivity (Wildman–Crippen MR) is 124 cm³/mol. The number of nitrogen functional groups attached to an aromatic ring is 1. The molecule has 0 saturated heterocycles. The lowest BCUT2D eigenvalue weighted by molar-refractivity contribution is -0.402. The Kier molecular flexibility index (Phi) is 7.49. The van der Waals surface area contributed by atoms with E-state index >= 15 is 0 Å². The topological polar surface area (TPSA) is 184 Å². The van der Waals surface area contributed by atoms with Crippen molar-refractivity contribution < 1.29 is 23.7 Å². The Morgan fingerprint density at radius 2 is 1.89 bits per heavy atom. The molecule has 1 amide bonds. The van der Waals surface area contributed by atoms with Crippen LogP contribution in [0, 0.1) is 16.0 Å². The summed E-state index contributed by atoms with van der Waals surface area (Å²) in [6.45, 7) is 2.85. The van der Waals surface area contributed by atoms with E-state index < -0.39 is 46.3 Å². The average molecular weight is 485 g/mol. The molecule has 13 nitrogen and oxygen atoms in total. The molecule has 184 valence electrons. The number of nitrogens with two attached hydrogens (primary N) is 1. The Morgan fingerprint density at radius 3 is 2.49 bits per heavy atom. The van der Waals surface area contributed by atoms with Gasteiger partial charge in [-0.2, -0.15) is 0 Å². The van der Waals surface area contributed by atoms with Gasteiger partial charge in [-0.05, 0) is 17.5 Å². The van der Waals surface area contributed by atoms with Gasteiger partial charge < -0.3 is 19.8 Å². The number of rotatable bonds is 9. The zero-order valence-corrected chi connectivity index (χ0v) is 18.9. The average Bonchev–Trinajstić information content (AvgIpc) is 3.30. The Morgan fingerprint density at radius 1 is 1.20 bits per heavy atom. The molecule has 0 atom stereocenters. The van der Waals surface area contributed by atoms with Crippen molar-refractivity contribution in [1.82, 2.24) is 9.55 Å². The third kappa shape index (κ3) is 5.82. The highest BCUT2D eigenvalue weighted by molar-refractivity contribution is 5.98. The zero-order valence-electron chi connectivity index (χ0n) is 18.9. The molecule has 0 unspecified atom stereocenters. The number of esters is 1. The largest absolute Gasteiger partial charge is 0.450 e. The molecule has 0 aliphatic carbocycles. The molecule has 0 saturated carbocycles. The molecule has 13 heteroatoms. The van der Waals surface area contributed by atoms with Gasteiger partial charge in [-0.15, -0.1) is 0 Å². The van der Waals surface area contributed by atoms with E-state index in [4.69, 9.17) is 14.9 Å². The number of nitro groups is 1. The van der Waals surface area contributed by atoms with Gasteiger partial charge in [0.25, 0.3) is 11.5 Å². The van der Waals surface area contributed by atoms with Crippen LogP contribution in [0.4, 0.5) is 17.4 Å². The van der Waals surface area contributed by atoms with Crippen molar-refractivity contribution in [3.8, 4) is 0 Å². The molecule has 2 aromatic heterocycles. The van der Waals surface area contributed by atoms with Crippen LogP contribution >= 0.6 is 0 Å². The summed E-state index contributed by atoms with van der Waals surface area (Å²) in [5.41, 5.74) is 5.04. The van der Waals surface area contributed by atoms with Gasteiger partial charge in [0.2, 0.25) is 5.76 Å². The number of amides is 1. The zero-order chi connectivity index (χ0) is 25.7. The van der Waals surface area contributed by atoms with Gasteiger partial charge in [0.05, 0.1) is 12.6 Å². The molecule has 35 heavy (non-hydrogen) atoms. The second-order valence-corrected chi connectivity index (χ2v) is 7.93. The molecule has 0 aliphatic heterocycles. The van der Waals surface area contributed by atoms with E-state index in [1.165, 1.54) is 0 Å². The third-order valence-electron chi connectivity index (χ3n) is 4.82. The summed E-state index contributed by atoms with van der Waals surface area (Å²) in [5.74, 6) is -3.39. The van der Waals surface area contributed by atoms with Crippen molar-refractivity contribution in [3.63, 3.8) is 0 Å². The minimum Gasteiger partial charge on any atom is -0.450 e. The van der Waals surface area contributed by atoms with Gasteiger partial charge in [-0.25, -0.2) is 9.59 Å². The van der Waals surface area contributed by atoms with Crippen molar-refractivity contribution in [2.24, 2.45) is 5.92 Å². The van der Waals surface area contributed by atoms with E-state index in [1.807, 2.05) is 0 Å². The van der Waals surface area contributed by atoms with Crippen molar-refractivity contribution in [3.05, 3.63) is 84.7 Å². The van der Waals surface area contributed by atoms with E-state index in [9.17, 15) is 29.3 Å². The summed E-state index contributed by atoms with van der Waals surface area (Å²) in [6.07, 6.45) is 0. The molecule has 3 aromatic rings. The highest BCUT2D eigenvalue weighted by Crippen LogP contribution is 2.20. The highest BCUT2D eigenvalue weighted by atomic mass is 16.7. The molecule has 0 radical (unpaired) electrons. The van der Waals surface area contributed by atoms with Gasteiger partial charge in [0.15, 0.2) is 12.3 Å². The van der Waals surface area contributed by atoms with Crippen LogP contribution in [0.15, 0.2) is 56.5 Å². The SMILES string of the molecule is CC(C)CN(C(=O)COC(=O)c1ccc([N+](=O)[O-])o1)c1c(N)n(Cc2ccccc2)c(=O)[nH]c1=O. The summed E-state index contributed by atoms with van der Waals surface area (Å²) >= 11 is 0. The number of carbonyl (C=O) groups is 2. The van der Waals surface area contributed by atoms with Crippen molar-refractivity contribution >= 4 is 29.3 Å². The first kappa shape index (κ1) is 25.0. The van der Waals surface area contributed by atoms with Gasteiger partial charge >= 0.3 is 17.5 Å². The summed E-state index contributed by atoms with van der Waals surface area (Å²) < 4.78 is 10.8. The van der Waals surface area contributed by atoms with E-state index in [-0.39, 0.29) is 30.5 Å². The fraction of sp³-hybridized carbons (Fsp3) is 0.273. The van der Waals surface area contributed by atoms with Crippen LogP contribution in [0.2, 0.25) is 0 Å². The summed E-state index contributed by atoms with van der Waals surface area (Å²) in [6, 6.07) is 10.9. The maximum atomic E-state index is 13.0. The lowest BCUT2D eigenvalue weighted by Gasteiger charge is -2.26. The summed E-state index contributed by atoms with van der Waals surface area (Å²) in [4.78, 5) is 63.4. The van der Waals surface area contributed by atoms with Crippen LogP contribution in [0.5, 0.6) is 0 Å². The molecular weight excluding hydrogens is 462 g/mol. The maximum Gasteiger partial charge on any atom is 0.433 e. The van der Waals surface area contributed by atoms with Crippen LogP contribution < -0.4 is 21.9 Å². The molecule has 0 spiro atoms. The number of carbonyl (C=O) groups excluding carboxylic acids is 2. The number of furan rings is 1. The third-order valence-corrected chi connectivity index (χ3v) is 4.82. The number of anilines is 2. The van der Waals surface area contributed by atoms with E-state index in [0.717, 1.165) is 27.2 Å². The minimum atomic E-state index is -1.10. The first-order chi connectivity index (χ1) is 16.6. The smallest absolute Gasteiger partial charge is 0.433 e. The van der Waals surface area contributed by atoms with E-state index in [1.54, 1.807) is 44.2 Å². The minimum absolute atomic E-state index is 0.0272. The van der Waals surface area contributed by atoms with Gasteiger partial charge in [-0.1, -0.05) is 44.2 Å². The van der Waals surface area contributed by atoms with Crippen LogP contribution in [0.1, 0.15) is 30.0 Å². The van der Waals surface area contributed by atoms with Gasteiger partial charge in [-0.3, -0.25) is 29.3 Å². The van der Waals surface area contributed by atoms with E-state index in [2.05, 4.69) is 4.98 Å². The molecule has 3 rings (SSSR count). The second-order valence-electron chi connectivity index (χ2n) is 7.93. The number of nitrogens with one attached hydrogen (secondary N) is 1. The van der Waals surface area contributed by atoms with Crippen LogP contribution in [0.3, 0.4) is 0 Å². The van der Waals surface area contributed by atoms with Crippen LogP contribution in [-0.4, -0.2) is 39.5 Å². The van der Waals surface area contributed by atoms with Crippen molar-refractivity contribution in [2.75, 3.05) is 23.8 Å². The van der Waals surface area contributed by atoms with Crippen molar-refractivity contribution in [1.29, 1.82) is 0 Å². The Bertz CT molecular complexity index is 1360. The number of aromatic nitrogens is 2. The Balaban J connectivity index is 1.89. The maximum absolute atomic E-state index is 13.0. The first-order valence-corrected chi connectivity index (χ1v) is 10.5. The molecule has 3 N–H and O–H groups in total. The molecule has 1 aromatic carbocycles. The highest BCUT2D eigenvalue weighted by Gasteiger charge is 2.27. The fourth-order valence-corrected chi connectivity index (χ4v) is 3.26. The number of ether oxygens (including phenoxy) is 1. The number of hydrogen-bond acceptors (Lipinski definition) is 9. The Hall–Kier alpha value is -4.68. The van der Waals surface area contributed by atoms with Crippen molar-refractivity contribution in [2.45, 2.75) is 20.4 Å². The number of hydrogen-bond donors (Lipinski definition) is 2. The lowest BCUT2D eigenvalue weighted by atomic mass is 10.2. The monoisotopic (exact) mass is 485 g/mol.